The van der Waals surface area contributed by atoms with Crippen LogP contribution >= 0.6 is 0 Å². The molecule has 0 saturated carbocycles. The van der Waals surface area contributed by atoms with Crippen LogP contribution in [0.15, 0.2) is 18.2 Å². The average molecular weight is 334 g/mol. The molecule has 0 spiro atoms. The van der Waals surface area contributed by atoms with Gasteiger partial charge in [0.1, 0.15) is 5.82 Å². The van der Waals surface area contributed by atoms with Gasteiger partial charge in [0.25, 0.3) is 5.91 Å². The minimum atomic E-state index is -0.652. The van der Waals surface area contributed by atoms with Gasteiger partial charge in [0, 0.05) is 25.2 Å². The Morgan fingerprint density at radius 2 is 2.08 bits per heavy atom. The molecule has 6 heteroatoms. The first-order chi connectivity index (χ1) is 11.5. The van der Waals surface area contributed by atoms with E-state index in [0.717, 1.165) is 25.7 Å². The Kier molecular flexibility index (Phi) is 4.85. The van der Waals surface area contributed by atoms with Crippen molar-refractivity contribution < 1.29 is 19.1 Å². The summed E-state index contributed by atoms with van der Waals surface area (Å²) in [5, 5.41) is 9.93. The van der Waals surface area contributed by atoms with Crippen molar-refractivity contribution in [1.29, 1.82) is 0 Å². The molecule has 24 heavy (non-hydrogen) atoms. The number of aliphatic hydroxyl groups is 1. The predicted octanol–water partition coefficient (Wildman–Crippen LogP) is 2.33. The lowest BCUT2D eigenvalue weighted by molar-refractivity contribution is -0.117. The second kappa shape index (κ2) is 6.89. The SMILES string of the molecule is CC(O)C1CCCCN1C(=O)c1cc(N2CCCC2=O)ccc1F. The van der Waals surface area contributed by atoms with Crippen LogP contribution in [0.3, 0.4) is 0 Å². The summed E-state index contributed by atoms with van der Waals surface area (Å²) in [5.41, 5.74) is 0.535. The number of carbonyl (C=O) groups excluding carboxylic acids is 2. The Bertz CT molecular complexity index is 647. The van der Waals surface area contributed by atoms with Crippen molar-refractivity contribution in [3.05, 3.63) is 29.6 Å². The van der Waals surface area contributed by atoms with E-state index < -0.39 is 17.8 Å². The van der Waals surface area contributed by atoms with Crippen LogP contribution in [0, 0.1) is 5.82 Å². The maximum Gasteiger partial charge on any atom is 0.257 e. The van der Waals surface area contributed by atoms with E-state index in [1.807, 2.05) is 0 Å². The average Bonchev–Trinajstić information content (AvgIpc) is 3.00. The largest absolute Gasteiger partial charge is 0.391 e. The third-order valence-electron chi connectivity index (χ3n) is 4.93. The minimum absolute atomic E-state index is 0.000151. The van der Waals surface area contributed by atoms with Crippen molar-refractivity contribution in [2.75, 3.05) is 18.0 Å². The van der Waals surface area contributed by atoms with Gasteiger partial charge in [-0.05, 0) is 50.8 Å². The van der Waals surface area contributed by atoms with E-state index in [0.29, 0.717) is 25.2 Å². The summed E-state index contributed by atoms with van der Waals surface area (Å²) in [6, 6.07) is 3.96. The van der Waals surface area contributed by atoms with Crippen LogP contribution in [0.5, 0.6) is 0 Å². The first-order valence-corrected chi connectivity index (χ1v) is 8.58. The van der Waals surface area contributed by atoms with E-state index in [-0.39, 0.29) is 17.5 Å². The molecular weight excluding hydrogens is 311 g/mol. The highest BCUT2D eigenvalue weighted by Crippen LogP contribution is 2.27. The van der Waals surface area contributed by atoms with Gasteiger partial charge in [-0.25, -0.2) is 4.39 Å². The van der Waals surface area contributed by atoms with E-state index in [1.165, 1.54) is 18.2 Å². The number of hydrogen-bond acceptors (Lipinski definition) is 3. The van der Waals surface area contributed by atoms with Crippen LogP contribution in [0.1, 0.15) is 49.4 Å². The summed E-state index contributed by atoms with van der Waals surface area (Å²) in [7, 11) is 0. The number of anilines is 1. The Hall–Kier alpha value is -1.95. The highest BCUT2D eigenvalue weighted by Gasteiger charge is 2.32. The molecule has 1 N–H and O–H groups in total. The maximum absolute atomic E-state index is 14.3. The zero-order valence-electron chi connectivity index (χ0n) is 13.9. The molecule has 0 aromatic heterocycles. The molecule has 0 radical (unpaired) electrons. The normalized spacial score (nSPS) is 22.8. The molecule has 1 aromatic carbocycles. The van der Waals surface area contributed by atoms with E-state index in [1.54, 1.807) is 16.7 Å². The summed E-state index contributed by atoms with van der Waals surface area (Å²) in [5.74, 6) is -1.00. The quantitative estimate of drug-likeness (QED) is 0.923. The molecule has 2 aliphatic heterocycles. The van der Waals surface area contributed by atoms with Gasteiger partial charge in [0.05, 0.1) is 17.7 Å². The number of amides is 2. The molecule has 130 valence electrons. The maximum atomic E-state index is 14.3. The van der Waals surface area contributed by atoms with Gasteiger partial charge in [0.2, 0.25) is 5.91 Å². The standard InChI is InChI=1S/C18H23FN2O3/c1-12(22)16-5-2-3-9-21(16)18(24)14-11-13(7-8-15(14)19)20-10-4-6-17(20)23/h7-8,11-12,16,22H,2-6,9-10H2,1H3. The summed E-state index contributed by atoms with van der Waals surface area (Å²) in [4.78, 5) is 27.9. The van der Waals surface area contributed by atoms with Gasteiger partial charge in [-0.1, -0.05) is 0 Å². The minimum Gasteiger partial charge on any atom is -0.391 e. The lowest BCUT2D eigenvalue weighted by Crippen LogP contribution is -2.49. The molecule has 3 rings (SSSR count). The fraction of sp³-hybridized carbons (Fsp3) is 0.556. The van der Waals surface area contributed by atoms with Crippen molar-refractivity contribution >= 4 is 17.5 Å². The van der Waals surface area contributed by atoms with Crippen LogP contribution in [-0.2, 0) is 4.79 Å². The van der Waals surface area contributed by atoms with Crippen LogP contribution in [-0.4, -0.2) is 47.1 Å². The van der Waals surface area contributed by atoms with Gasteiger partial charge < -0.3 is 14.9 Å². The molecule has 2 aliphatic rings. The molecule has 5 nitrogen and oxygen atoms in total. The second-order valence-electron chi connectivity index (χ2n) is 6.62. The molecule has 2 unspecified atom stereocenters. The number of likely N-dealkylation sites (tertiary alicyclic amines) is 1. The van der Waals surface area contributed by atoms with Crippen molar-refractivity contribution in [3.8, 4) is 0 Å². The van der Waals surface area contributed by atoms with Crippen molar-refractivity contribution in [3.63, 3.8) is 0 Å². The fourth-order valence-electron chi connectivity index (χ4n) is 3.63. The topological polar surface area (TPSA) is 60.9 Å². The number of carbonyl (C=O) groups is 2. The zero-order valence-corrected chi connectivity index (χ0v) is 13.9. The van der Waals surface area contributed by atoms with Crippen LogP contribution in [0.2, 0.25) is 0 Å². The van der Waals surface area contributed by atoms with Crippen LogP contribution in [0.4, 0.5) is 10.1 Å². The second-order valence-corrected chi connectivity index (χ2v) is 6.62. The Morgan fingerprint density at radius 3 is 2.75 bits per heavy atom. The summed E-state index contributed by atoms with van der Waals surface area (Å²) in [6.07, 6.45) is 3.12. The smallest absolute Gasteiger partial charge is 0.257 e. The summed E-state index contributed by atoms with van der Waals surface area (Å²) in [6.45, 7) is 2.77. The Labute approximate surface area is 141 Å². The molecule has 0 bridgehead atoms. The lowest BCUT2D eigenvalue weighted by Gasteiger charge is -2.37. The van der Waals surface area contributed by atoms with Crippen LogP contribution < -0.4 is 4.90 Å². The molecular formula is C18H23FN2O3. The number of aliphatic hydroxyl groups excluding tert-OH is 1. The number of halogens is 1. The lowest BCUT2D eigenvalue weighted by atomic mass is 9.97. The first kappa shape index (κ1) is 16.9. The Morgan fingerprint density at radius 1 is 1.29 bits per heavy atom. The van der Waals surface area contributed by atoms with Gasteiger partial charge in [-0.15, -0.1) is 0 Å². The van der Waals surface area contributed by atoms with Gasteiger partial charge in [0.15, 0.2) is 0 Å². The molecule has 2 atom stereocenters. The van der Waals surface area contributed by atoms with Gasteiger partial charge in [-0.2, -0.15) is 0 Å². The molecule has 2 heterocycles. The number of rotatable bonds is 3. The third-order valence-corrected chi connectivity index (χ3v) is 4.93. The van der Waals surface area contributed by atoms with E-state index in [2.05, 4.69) is 0 Å². The molecule has 0 aliphatic carbocycles. The Balaban J connectivity index is 1.89. The van der Waals surface area contributed by atoms with Gasteiger partial charge in [-0.3, -0.25) is 9.59 Å². The van der Waals surface area contributed by atoms with E-state index in [4.69, 9.17) is 0 Å². The van der Waals surface area contributed by atoms with Crippen molar-refractivity contribution in [2.24, 2.45) is 0 Å². The first-order valence-electron chi connectivity index (χ1n) is 8.58. The number of piperidine rings is 1. The number of benzene rings is 1. The van der Waals surface area contributed by atoms with Gasteiger partial charge >= 0.3 is 0 Å². The van der Waals surface area contributed by atoms with E-state index >= 15 is 0 Å². The zero-order chi connectivity index (χ0) is 17.3. The van der Waals surface area contributed by atoms with Crippen molar-refractivity contribution in [1.82, 2.24) is 4.90 Å². The highest BCUT2D eigenvalue weighted by molar-refractivity contribution is 5.99. The number of nitrogens with zero attached hydrogens (tertiary/aromatic N) is 2. The molecule has 1 aromatic rings. The molecule has 2 fully saturated rings. The third kappa shape index (κ3) is 3.15. The molecule has 2 saturated heterocycles. The monoisotopic (exact) mass is 334 g/mol. The van der Waals surface area contributed by atoms with Crippen LogP contribution in [0.25, 0.3) is 0 Å². The highest BCUT2D eigenvalue weighted by atomic mass is 19.1. The van der Waals surface area contributed by atoms with E-state index in [9.17, 15) is 19.1 Å². The molecule has 2 amide bonds. The predicted molar refractivity (Wildman–Crippen MR) is 88.3 cm³/mol. The number of hydrogen-bond donors (Lipinski definition) is 1. The fourth-order valence-corrected chi connectivity index (χ4v) is 3.63. The summed E-state index contributed by atoms with van der Waals surface area (Å²) >= 11 is 0. The summed E-state index contributed by atoms with van der Waals surface area (Å²) < 4.78 is 14.3. The van der Waals surface area contributed by atoms with Crippen molar-refractivity contribution in [2.45, 2.75) is 51.2 Å².